The molecule has 2 rings (SSSR count). The molecule has 0 spiro atoms. The van der Waals surface area contributed by atoms with E-state index >= 15 is 0 Å². The normalized spacial score (nSPS) is 10.3. The van der Waals surface area contributed by atoms with Crippen molar-refractivity contribution in [2.45, 2.75) is 13.5 Å². The number of aryl methyl sites for hydroxylation is 1. The van der Waals surface area contributed by atoms with Gasteiger partial charge in [0, 0.05) is 11.9 Å². The highest BCUT2D eigenvalue weighted by Crippen LogP contribution is 2.19. The zero-order valence-corrected chi connectivity index (χ0v) is 10.2. The van der Waals surface area contributed by atoms with Crippen LogP contribution in [0.3, 0.4) is 0 Å². The summed E-state index contributed by atoms with van der Waals surface area (Å²) in [5.41, 5.74) is 2.55. The SMILES string of the molecule is Cc1cscc1CNc1nc(C(=O)O)cs1. The van der Waals surface area contributed by atoms with E-state index in [1.54, 1.807) is 11.3 Å². The molecule has 6 heteroatoms. The Morgan fingerprint density at radius 2 is 2.31 bits per heavy atom. The Morgan fingerprint density at radius 1 is 1.50 bits per heavy atom. The van der Waals surface area contributed by atoms with Crippen LogP contribution >= 0.6 is 22.7 Å². The third-order valence-corrected chi connectivity index (χ3v) is 3.83. The molecule has 0 atom stereocenters. The second kappa shape index (κ2) is 4.63. The average Bonchev–Trinajstić information content (AvgIpc) is 2.83. The molecule has 0 aliphatic heterocycles. The number of thiophene rings is 1. The van der Waals surface area contributed by atoms with E-state index in [4.69, 9.17) is 5.11 Å². The monoisotopic (exact) mass is 254 g/mol. The fourth-order valence-electron chi connectivity index (χ4n) is 1.19. The number of aromatic nitrogens is 1. The Morgan fingerprint density at radius 3 is 2.88 bits per heavy atom. The minimum absolute atomic E-state index is 0.0922. The van der Waals surface area contributed by atoms with E-state index in [9.17, 15) is 4.79 Å². The molecular formula is C10H10N2O2S2. The maximum absolute atomic E-state index is 10.6. The number of anilines is 1. The van der Waals surface area contributed by atoms with Crippen LogP contribution in [0, 0.1) is 6.92 Å². The van der Waals surface area contributed by atoms with Crippen molar-refractivity contribution in [1.29, 1.82) is 0 Å². The molecule has 16 heavy (non-hydrogen) atoms. The molecule has 84 valence electrons. The Bertz CT molecular complexity index is 504. The van der Waals surface area contributed by atoms with Crippen LogP contribution < -0.4 is 5.32 Å². The van der Waals surface area contributed by atoms with Gasteiger partial charge in [0.2, 0.25) is 0 Å². The maximum Gasteiger partial charge on any atom is 0.355 e. The number of rotatable bonds is 4. The van der Waals surface area contributed by atoms with E-state index in [2.05, 4.69) is 28.0 Å². The molecule has 2 aromatic rings. The van der Waals surface area contributed by atoms with E-state index < -0.39 is 5.97 Å². The first-order valence-electron chi connectivity index (χ1n) is 4.61. The van der Waals surface area contributed by atoms with Gasteiger partial charge in [-0.3, -0.25) is 0 Å². The van der Waals surface area contributed by atoms with Gasteiger partial charge in [-0.2, -0.15) is 11.3 Å². The summed E-state index contributed by atoms with van der Waals surface area (Å²) < 4.78 is 0. The van der Waals surface area contributed by atoms with Crippen molar-refractivity contribution in [1.82, 2.24) is 4.98 Å². The summed E-state index contributed by atoms with van der Waals surface area (Å²) in [4.78, 5) is 14.6. The van der Waals surface area contributed by atoms with Crippen LogP contribution in [-0.2, 0) is 6.54 Å². The first kappa shape index (κ1) is 11.1. The van der Waals surface area contributed by atoms with Gasteiger partial charge in [-0.15, -0.1) is 11.3 Å². The predicted molar refractivity (Wildman–Crippen MR) is 65.5 cm³/mol. The van der Waals surface area contributed by atoms with Gasteiger partial charge in [-0.05, 0) is 28.8 Å². The van der Waals surface area contributed by atoms with E-state index in [1.807, 2.05) is 0 Å². The molecule has 0 radical (unpaired) electrons. The molecule has 0 aliphatic rings. The summed E-state index contributed by atoms with van der Waals surface area (Å²) >= 11 is 2.97. The van der Waals surface area contributed by atoms with Gasteiger partial charge in [0.25, 0.3) is 0 Å². The van der Waals surface area contributed by atoms with Crippen molar-refractivity contribution in [3.63, 3.8) is 0 Å². The summed E-state index contributed by atoms with van der Waals surface area (Å²) in [6, 6.07) is 0. The minimum Gasteiger partial charge on any atom is -0.476 e. The summed E-state index contributed by atoms with van der Waals surface area (Å²) in [5, 5.41) is 18.2. The molecular weight excluding hydrogens is 244 g/mol. The fraction of sp³-hybridized carbons (Fsp3) is 0.200. The molecule has 0 aromatic carbocycles. The maximum atomic E-state index is 10.6. The van der Waals surface area contributed by atoms with E-state index in [0.717, 1.165) is 0 Å². The lowest BCUT2D eigenvalue weighted by Gasteiger charge is -2.01. The molecule has 0 saturated carbocycles. The summed E-state index contributed by atoms with van der Waals surface area (Å²) in [7, 11) is 0. The molecule has 2 heterocycles. The predicted octanol–water partition coefficient (Wildman–Crippen LogP) is 2.82. The Labute approximate surface area is 101 Å². The number of aromatic carboxylic acids is 1. The van der Waals surface area contributed by atoms with Crippen LogP contribution in [0.2, 0.25) is 0 Å². The molecule has 0 bridgehead atoms. The highest BCUT2D eigenvalue weighted by Gasteiger charge is 2.08. The number of carboxylic acids is 1. The van der Waals surface area contributed by atoms with E-state index in [1.165, 1.54) is 27.8 Å². The van der Waals surface area contributed by atoms with Crippen molar-refractivity contribution in [2.24, 2.45) is 0 Å². The van der Waals surface area contributed by atoms with Crippen LogP contribution in [0.25, 0.3) is 0 Å². The van der Waals surface area contributed by atoms with Crippen molar-refractivity contribution in [3.8, 4) is 0 Å². The van der Waals surface area contributed by atoms with E-state index in [0.29, 0.717) is 11.7 Å². The third-order valence-electron chi connectivity index (χ3n) is 2.11. The third kappa shape index (κ3) is 2.40. The largest absolute Gasteiger partial charge is 0.476 e. The van der Waals surface area contributed by atoms with Gasteiger partial charge in [0.15, 0.2) is 10.8 Å². The quantitative estimate of drug-likeness (QED) is 0.880. The van der Waals surface area contributed by atoms with Crippen molar-refractivity contribution >= 4 is 33.8 Å². The molecule has 0 aliphatic carbocycles. The summed E-state index contributed by atoms with van der Waals surface area (Å²) in [6.07, 6.45) is 0. The van der Waals surface area contributed by atoms with Gasteiger partial charge in [0.05, 0.1) is 0 Å². The number of hydrogen-bond acceptors (Lipinski definition) is 5. The average molecular weight is 254 g/mol. The second-order valence-electron chi connectivity index (χ2n) is 3.28. The fourth-order valence-corrected chi connectivity index (χ4v) is 2.73. The Hall–Kier alpha value is -1.40. The van der Waals surface area contributed by atoms with Crippen molar-refractivity contribution in [2.75, 3.05) is 5.32 Å². The van der Waals surface area contributed by atoms with Crippen LogP contribution in [0.1, 0.15) is 21.6 Å². The van der Waals surface area contributed by atoms with Crippen LogP contribution in [0.4, 0.5) is 5.13 Å². The smallest absolute Gasteiger partial charge is 0.355 e. The molecule has 2 aromatic heterocycles. The highest BCUT2D eigenvalue weighted by molar-refractivity contribution is 7.13. The number of nitrogens with one attached hydrogen (secondary N) is 1. The van der Waals surface area contributed by atoms with E-state index in [-0.39, 0.29) is 5.69 Å². The van der Waals surface area contributed by atoms with Crippen LogP contribution in [0.15, 0.2) is 16.1 Å². The molecule has 2 N–H and O–H groups in total. The van der Waals surface area contributed by atoms with Gasteiger partial charge in [-0.1, -0.05) is 0 Å². The Kier molecular flexibility index (Phi) is 3.21. The standard InChI is InChI=1S/C10H10N2O2S2/c1-6-3-15-4-7(6)2-11-10-12-8(5-16-10)9(13)14/h3-5H,2H2,1H3,(H,11,12)(H,13,14). The van der Waals surface area contributed by atoms with Crippen LogP contribution in [-0.4, -0.2) is 16.1 Å². The molecule has 4 nitrogen and oxygen atoms in total. The lowest BCUT2D eigenvalue weighted by atomic mass is 10.2. The lowest BCUT2D eigenvalue weighted by Crippen LogP contribution is -2.01. The number of nitrogens with zero attached hydrogens (tertiary/aromatic N) is 1. The topological polar surface area (TPSA) is 62.2 Å². The first-order chi connectivity index (χ1) is 7.66. The van der Waals surface area contributed by atoms with Crippen LogP contribution in [0.5, 0.6) is 0 Å². The number of thiazole rings is 1. The van der Waals surface area contributed by atoms with Gasteiger partial charge < -0.3 is 10.4 Å². The molecule has 0 fully saturated rings. The van der Waals surface area contributed by atoms with Gasteiger partial charge in [0.1, 0.15) is 0 Å². The number of hydrogen-bond donors (Lipinski definition) is 2. The lowest BCUT2D eigenvalue weighted by molar-refractivity contribution is 0.0691. The minimum atomic E-state index is -0.990. The van der Waals surface area contributed by atoms with Crippen molar-refractivity contribution < 1.29 is 9.90 Å². The second-order valence-corrected chi connectivity index (χ2v) is 4.88. The zero-order valence-electron chi connectivity index (χ0n) is 8.56. The van der Waals surface area contributed by atoms with Gasteiger partial charge in [-0.25, -0.2) is 9.78 Å². The van der Waals surface area contributed by atoms with Crippen molar-refractivity contribution in [3.05, 3.63) is 33.0 Å². The molecule has 0 saturated heterocycles. The summed E-state index contributed by atoms with van der Waals surface area (Å²) in [5.74, 6) is -0.990. The summed E-state index contributed by atoms with van der Waals surface area (Å²) in [6.45, 7) is 2.74. The molecule has 0 amide bonds. The first-order valence-corrected chi connectivity index (χ1v) is 6.43. The number of carbonyl (C=O) groups is 1. The number of carboxylic acid groups (broad SMARTS) is 1. The Balaban J connectivity index is 2.00. The molecule has 0 unspecified atom stereocenters. The highest BCUT2D eigenvalue weighted by atomic mass is 32.1. The van der Waals surface area contributed by atoms with Gasteiger partial charge >= 0.3 is 5.97 Å². The zero-order chi connectivity index (χ0) is 11.5.